The lowest BCUT2D eigenvalue weighted by Crippen LogP contribution is -2.37. The van der Waals surface area contributed by atoms with Gasteiger partial charge in [-0.2, -0.15) is 4.98 Å². The molecular weight excluding hydrogens is 460 g/mol. The fourth-order valence-electron chi connectivity index (χ4n) is 3.67. The second-order valence-corrected chi connectivity index (χ2v) is 8.40. The van der Waals surface area contributed by atoms with Crippen LogP contribution in [-0.4, -0.2) is 40.6 Å². The molecule has 0 bridgehead atoms. The summed E-state index contributed by atoms with van der Waals surface area (Å²) in [7, 11) is 0. The second kappa shape index (κ2) is 10.1. The molecule has 0 saturated carbocycles. The maximum Gasteiger partial charge on any atom is 0.241 e. The predicted molar refractivity (Wildman–Crippen MR) is 122 cm³/mol. The van der Waals surface area contributed by atoms with E-state index in [9.17, 15) is 4.79 Å². The number of hydrogen-bond acceptors (Lipinski definition) is 6. The summed E-state index contributed by atoms with van der Waals surface area (Å²) in [6.07, 6.45) is 1.58. The van der Waals surface area contributed by atoms with Crippen molar-refractivity contribution in [1.82, 2.24) is 15.0 Å². The molecule has 1 saturated heterocycles. The van der Waals surface area contributed by atoms with E-state index in [1.54, 1.807) is 0 Å². The van der Waals surface area contributed by atoms with Gasteiger partial charge in [0.1, 0.15) is 5.75 Å². The summed E-state index contributed by atoms with van der Waals surface area (Å²) in [5.41, 5.74) is 1.64. The van der Waals surface area contributed by atoms with Crippen molar-refractivity contribution in [2.75, 3.05) is 25.0 Å². The minimum atomic E-state index is -0.0213. The van der Waals surface area contributed by atoms with Crippen LogP contribution in [0.4, 0.5) is 5.69 Å². The summed E-state index contributed by atoms with van der Waals surface area (Å²) < 4.78 is 12.0. The van der Waals surface area contributed by atoms with E-state index < -0.39 is 0 Å². The van der Waals surface area contributed by atoms with Gasteiger partial charge >= 0.3 is 0 Å². The topological polar surface area (TPSA) is 80.5 Å². The first-order valence-electron chi connectivity index (χ1n) is 10.5. The van der Waals surface area contributed by atoms with Gasteiger partial charge in [0.25, 0.3) is 0 Å². The average molecular weight is 485 g/mol. The van der Waals surface area contributed by atoms with Crippen molar-refractivity contribution in [2.45, 2.75) is 26.3 Å². The zero-order chi connectivity index (χ0) is 21.6. The van der Waals surface area contributed by atoms with Gasteiger partial charge in [-0.1, -0.05) is 33.2 Å². The Morgan fingerprint density at radius 2 is 1.94 bits per heavy atom. The van der Waals surface area contributed by atoms with Crippen LogP contribution in [0.5, 0.6) is 5.75 Å². The second-order valence-electron chi connectivity index (χ2n) is 7.49. The summed E-state index contributed by atoms with van der Waals surface area (Å²) in [4.78, 5) is 19.5. The van der Waals surface area contributed by atoms with E-state index in [2.05, 4.69) is 36.3 Å². The highest BCUT2D eigenvalue weighted by molar-refractivity contribution is 9.10. The number of benzene rings is 2. The first-order chi connectivity index (χ1) is 15.1. The van der Waals surface area contributed by atoms with Crippen molar-refractivity contribution in [3.63, 3.8) is 0 Å². The number of anilines is 1. The molecule has 31 heavy (non-hydrogen) atoms. The molecule has 0 aliphatic carbocycles. The van der Waals surface area contributed by atoms with E-state index in [0.29, 0.717) is 30.6 Å². The SMILES string of the molecule is CCOc1ccccc1NC(=O)C1CCN(Cc2nc(-c3ccc(Br)cc3)no2)CC1. The molecule has 2 aromatic carbocycles. The molecule has 0 spiro atoms. The Morgan fingerprint density at radius 1 is 1.19 bits per heavy atom. The number of likely N-dealkylation sites (tertiary alicyclic amines) is 1. The van der Waals surface area contributed by atoms with Gasteiger partial charge in [0, 0.05) is 16.0 Å². The monoisotopic (exact) mass is 484 g/mol. The van der Waals surface area contributed by atoms with Gasteiger partial charge in [-0.15, -0.1) is 0 Å². The van der Waals surface area contributed by atoms with Gasteiger partial charge in [0.2, 0.25) is 17.6 Å². The number of aromatic nitrogens is 2. The summed E-state index contributed by atoms with van der Waals surface area (Å²) >= 11 is 3.43. The number of hydrogen-bond donors (Lipinski definition) is 1. The Labute approximate surface area is 189 Å². The minimum absolute atomic E-state index is 0.0213. The summed E-state index contributed by atoms with van der Waals surface area (Å²) in [5, 5.41) is 7.12. The van der Waals surface area contributed by atoms with Gasteiger partial charge in [0.05, 0.1) is 18.8 Å². The normalized spacial score (nSPS) is 15.0. The van der Waals surface area contributed by atoms with Crippen LogP contribution >= 0.6 is 15.9 Å². The highest BCUT2D eigenvalue weighted by atomic mass is 79.9. The van der Waals surface area contributed by atoms with Crippen LogP contribution < -0.4 is 10.1 Å². The smallest absolute Gasteiger partial charge is 0.241 e. The lowest BCUT2D eigenvalue weighted by molar-refractivity contribution is -0.121. The molecule has 1 aliphatic rings. The molecule has 1 amide bonds. The van der Waals surface area contributed by atoms with E-state index in [-0.39, 0.29) is 11.8 Å². The number of rotatable bonds is 7. The largest absolute Gasteiger partial charge is 0.492 e. The maximum atomic E-state index is 12.7. The zero-order valence-corrected chi connectivity index (χ0v) is 19.0. The molecular formula is C23H25BrN4O3. The Balaban J connectivity index is 1.29. The molecule has 7 nitrogen and oxygen atoms in total. The van der Waals surface area contributed by atoms with Crippen LogP contribution in [-0.2, 0) is 11.3 Å². The van der Waals surface area contributed by atoms with Crippen LogP contribution in [0.3, 0.4) is 0 Å². The molecule has 8 heteroatoms. The number of nitrogens with zero attached hydrogens (tertiary/aromatic N) is 3. The first-order valence-corrected chi connectivity index (χ1v) is 11.2. The molecule has 3 aromatic rings. The van der Waals surface area contributed by atoms with E-state index >= 15 is 0 Å². The maximum absolute atomic E-state index is 12.7. The third-order valence-electron chi connectivity index (χ3n) is 5.33. The first kappa shape index (κ1) is 21.5. The molecule has 162 valence electrons. The third-order valence-corrected chi connectivity index (χ3v) is 5.86. The fraction of sp³-hybridized carbons (Fsp3) is 0.348. The van der Waals surface area contributed by atoms with Crippen LogP contribution in [0.1, 0.15) is 25.7 Å². The van der Waals surface area contributed by atoms with Gasteiger partial charge in [-0.3, -0.25) is 9.69 Å². The molecule has 1 fully saturated rings. The van der Waals surface area contributed by atoms with E-state index in [0.717, 1.165) is 41.7 Å². The molecule has 1 aromatic heterocycles. The van der Waals surface area contributed by atoms with Crippen molar-refractivity contribution in [2.24, 2.45) is 5.92 Å². The number of carbonyl (C=O) groups is 1. The van der Waals surface area contributed by atoms with Crippen LogP contribution in [0.25, 0.3) is 11.4 Å². The van der Waals surface area contributed by atoms with Crippen LogP contribution in [0, 0.1) is 5.92 Å². The van der Waals surface area contributed by atoms with Gasteiger partial charge < -0.3 is 14.6 Å². The van der Waals surface area contributed by atoms with E-state index in [1.807, 2.05) is 55.5 Å². The predicted octanol–water partition coefficient (Wildman–Crippen LogP) is 4.75. The molecule has 1 aliphatic heterocycles. The highest BCUT2D eigenvalue weighted by Crippen LogP contribution is 2.27. The molecule has 4 rings (SSSR count). The van der Waals surface area contributed by atoms with Gasteiger partial charge in [-0.05, 0) is 69.3 Å². The molecule has 0 radical (unpaired) electrons. The zero-order valence-electron chi connectivity index (χ0n) is 17.4. The Bertz CT molecular complexity index is 1010. The fourth-order valence-corrected chi connectivity index (χ4v) is 3.93. The van der Waals surface area contributed by atoms with E-state index in [4.69, 9.17) is 9.26 Å². The van der Waals surface area contributed by atoms with Crippen molar-refractivity contribution < 1.29 is 14.1 Å². The lowest BCUT2D eigenvalue weighted by atomic mass is 9.96. The quantitative estimate of drug-likeness (QED) is 0.521. The summed E-state index contributed by atoms with van der Waals surface area (Å²) in [6, 6.07) is 15.3. The molecule has 2 heterocycles. The lowest BCUT2D eigenvalue weighted by Gasteiger charge is -2.30. The minimum Gasteiger partial charge on any atom is -0.492 e. The van der Waals surface area contributed by atoms with Crippen LogP contribution in [0.15, 0.2) is 57.5 Å². The number of carbonyl (C=O) groups excluding carboxylic acids is 1. The molecule has 1 N–H and O–H groups in total. The number of para-hydroxylation sites is 2. The van der Waals surface area contributed by atoms with Crippen molar-refractivity contribution in [1.29, 1.82) is 0 Å². The number of nitrogens with one attached hydrogen (secondary N) is 1. The van der Waals surface area contributed by atoms with Crippen LogP contribution in [0.2, 0.25) is 0 Å². The highest BCUT2D eigenvalue weighted by Gasteiger charge is 2.26. The summed E-state index contributed by atoms with van der Waals surface area (Å²) in [6.45, 7) is 4.69. The number of ether oxygens (including phenoxy) is 1. The number of amides is 1. The molecule has 0 unspecified atom stereocenters. The third kappa shape index (κ3) is 5.51. The van der Waals surface area contributed by atoms with Crippen molar-refractivity contribution >= 4 is 27.5 Å². The number of halogens is 1. The van der Waals surface area contributed by atoms with Crippen molar-refractivity contribution in [3.8, 4) is 17.1 Å². The standard InChI is InChI=1S/C23H25BrN4O3/c1-2-30-20-6-4-3-5-19(20)25-23(29)17-11-13-28(14-12-17)15-21-26-22(27-31-21)16-7-9-18(24)10-8-16/h3-10,17H,2,11-15H2,1H3,(H,25,29). The Kier molecular flexibility index (Phi) is 6.99. The van der Waals surface area contributed by atoms with Gasteiger partial charge in [-0.25, -0.2) is 0 Å². The van der Waals surface area contributed by atoms with E-state index in [1.165, 1.54) is 0 Å². The number of piperidine rings is 1. The summed E-state index contributed by atoms with van der Waals surface area (Å²) in [5.74, 6) is 1.90. The molecule has 0 atom stereocenters. The average Bonchev–Trinajstić information content (AvgIpc) is 3.25. The van der Waals surface area contributed by atoms with Gasteiger partial charge in [0.15, 0.2) is 0 Å². The van der Waals surface area contributed by atoms with Crippen molar-refractivity contribution in [3.05, 3.63) is 58.9 Å². The Hall–Kier alpha value is -2.71. The Morgan fingerprint density at radius 3 is 2.68 bits per heavy atom.